The molecule has 3 aromatic rings. The number of nitrogens with zero attached hydrogens (tertiary/aromatic N) is 1. The molecule has 0 amide bonds. The molecule has 0 unspecified atom stereocenters. The average Bonchev–Trinajstić information content (AvgIpc) is 2.65. The molecular weight excluding hydrogens is 420 g/mol. The minimum atomic E-state index is -3.89. The Kier molecular flexibility index (Phi) is 6.39. The van der Waals surface area contributed by atoms with Crippen LogP contribution in [0.25, 0.3) is 6.08 Å². The molecule has 0 bridgehead atoms. The first-order chi connectivity index (χ1) is 13.3. The van der Waals surface area contributed by atoms with Gasteiger partial charge in [0.2, 0.25) is 0 Å². The summed E-state index contributed by atoms with van der Waals surface area (Å²) in [6.07, 6.45) is 1.46. The van der Waals surface area contributed by atoms with Gasteiger partial charge in [0.25, 0.3) is 10.0 Å². The molecule has 144 valence electrons. The lowest BCUT2D eigenvalue weighted by molar-refractivity contribution is 0.598. The molecule has 0 aliphatic rings. The van der Waals surface area contributed by atoms with Crippen LogP contribution >= 0.6 is 23.2 Å². The van der Waals surface area contributed by atoms with Gasteiger partial charge in [-0.2, -0.15) is 0 Å². The number of hydrogen-bond donors (Lipinski definition) is 0. The fraction of sp³-hybridized carbons (Fsp3) is 0.0476. The number of rotatable bonds is 6. The molecule has 0 aromatic heterocycles. The van der Waals surface area contributed by atoms with Gasteiger partial charge in [0.15, 0.2) is 0 Å². The monoisotopic (exact) mass is 435 g/mol. The van der Waals surface area contributed by atoms with Gasteiger partial charge in [0, 0.05) is 10.0 Å². The predicted octanol–water partition coefficient (Wildman–Crippen LogP) is 6.14. The fourth-order valence-electron chi connectivity index (χ4n) is 2.61. The highest BCUT2D eigenvalue weighted by Crippen LogP contribution is 2.26. The lowest BCUT2D eigenvalue weighted by atomic mass is 10.2. The van der Waals surface area contributed by atoms with Gasteiger partial charge in [-0.05, 0) is 59.7 Å². The van der Waals surface area contributed by atoms with E-state index in [9.17, 15) is 12.8 Å². The normalized spacial score (nSPS) is 11.7. The van der Waals surface area contributed by atoms with Crippen molar-refractivity contribution in [1.29, 1.82) is 0 Å². The largest absolute Gasteiger partial charge is 0.262 e. The topological polar surface area (TPSA) is 37.4 Å². The van der Waals surface area contributed by atoms with E-state index in [2.05, 4.69) is 0 Å². The second kappa shape index (κ2) is 8.78. The second-order valence-corrected chi connectivity index (χ2v) is 8.63. The predicted molar refractivity (Wildman–Crippen MR) is 113 cm³/mol. The van der Waals surface area contributed by atoms with Gasteiger partial charge in [0.1, 0.15) is 5.82 Å². The maximum atomic E-state index is 13.6. The van der Waals surface area contributed by atoms with Crippen LogP contribution in [-0.2, 0) is 16.6 Å². The first kappa shape index (κ1) is 20.4. The van der Waals surface area contributed by atoms with E-state index >= 15 is 0 Å². The summed E-state index contributed by atoms with van der Waals surface area (Å²) in [7, 11) is -3.89. The summed E-state index contributed by atoms with van der Waals surface area (Å²) in [4.78, 5) is 0. The summed E-state index contributed by atoms with van der Waals surface area (Å²) in [6, 6.07) is 19.1. The van der Waals surface area contributed by atoms with Crippen LogP contribution in [0.3, 0.4) is 0 Å². The molecule has 0 saturated carbocycles. The molecule has 0 heterocycles. The molecule has 7 heteroatoms. The van der Waals surface area contributed by atoms with Crippen LogP contribution in [0.1, 0.15) is 11.1 Å². The Morgan fingerprint density at radius 1 is 0.893 bits per heavy atom. The maximum Gasteiger partial charge on any atom is 0.257 e. The van der Waals surface area contributed by atoms with Crippen molar-refractivity contribution in [3.63, 3.8) is 0 Å². The zero-order valence-electron chi connectivity index (χ0n) is 14.6. The van der Waals surface area contributed by atoms with E-state index in [0.29, 0.717) is 26.9 Å². The lowest BCUT2D eigenvalue weighted by Gasteiger charge is -2.23. The number of sulfonamides is 1. The van der Waals surface area contributed by atoms with Crippen molar-refractivity contribution in [2.45, 2.75) is 6.54 Å². The summed E-state index contributed by atoms with van der Waals surface area (Å²) in [5.41, 5.74) is 1.54. The molecule has 0 fully saturated rings. The summed E-state index contributed by atoms with van der Waals surface area (Å²) in [6.45, 7) is -0.0413. The molecule has 3 nitrogen and oxygen atoms in total. The van der Waals surface area contributed by atoms with Crippen LogP contribution in [0.15, 0.2) is 78.2 Å². The molecule has 3 rings (SSSR count). The number of benzene rings is 3. The quantitative estimate of drug-likeness (QED) is 0.466. The highest BCUT2D eigenvalue weighted by Gasteiger charge is 2.21. The Bertz CT molecular complexity index is 1120. The van der Waals surface area contributed by atoms with Crippen molar-refractivity contribution < 1.29 is 12.8 Å². The molecule has 0 saturated heterocycles. The fourth-order valence-corrected chi connectivity index (χ4v) is 4.20. The van der Waals surface area contributed by atoms with Crippen molar-refractivity contribution in [3.8, 4) is 0 Å². The Morgan fingerprint density at radius 3 is 2.25 bits per heavy atom. The van der Waals surface area contributed by atoms with Gasteiger partial charge >= 0.3 is 0 Å². The summed E-state index contributed by atoms with van der Waals surface area (Å²) in [5.74, 6) is -0.435. The Hall–Kier alpha value is -2.34. The molecule has 0 N–H and O–H groups in total. The van der Waals surface area contributed by atoms with E-state index in [1.54, 1.807) is 54.6 Å². The minimum Gasteiger partial charge on any atom is -0.262 e. The number of anilines is 1. The van der Waals surface area contributed by atoms with Crippen molar-refractivity contribution in [3.05, 3.63) is 105 Å². The molecule has 0 aliphatic heterocycles. The maximum absolute atomic E-state index is 13.6. The lowest BCUT2D eigenvalue weighted by Crippen LogP contribution is -2.28. The smallest absolute Gasteiger partial charge is 0.257 e. The highest BCUT2D eigenvalue weighted by atomic mass is 35.5. The van der Waals surface area contributed by atoms with Gasteiger partial charge < -0.3 is 0 Å². The van der Waals surface area contributed by atoms with Crippen LogP contribution in [0.2, 0.25) is 10.0 Å². The van der Waals surface area contributed by atoms with Crippen LogP contribution in [0.4, 0.5) is 10.1 Å². The van der Waals surface area contributed by atoms with E-state index in [-0.39, 0.29) is 6.54 Å². The third-order valence-corrected chi connectivity index (χ3v) is 5.80. The van der Waals surface area contributed by atoms with Crippen molar-refractivity contribution >= 4 is 45.0 Å². The zero-order valence-corrected chi connectivity index (χ0v) is 16.9. The van der Waals surface area contributed by atoms with Crippen molar-refractivity contribution in [2.24, 2.45) is 0 Å². The molecule has 0 aliphatic carbocycles. The highest BCUT2D eigenvalue weighted by molar-refractivity contribution is 7.95. The summed E-state index contributed by atoms with van der Waals surface area (Å²) in [5, 5.41) is 2.00. The standard InChI is InChI=1S/C21H16Cl2FNO2S/c22-18-6-1-4-16(12-18)10-11-28(26,27)25(21-9-3-7-19(23)14-21)15-17-5-2-8-20(24)13-17/h1-14H,15H2/b11-10+. The first-order valence-electron chi connectivity index (χ1n) is 8.30. The average molecular weight is 436 g/mol. The van der Waals surface area contributed by atoms with Gasteiger partial charge in [0.05, 0.1) is 17.6 Å². The molecule has 0 spiro atoms. The van der Waals surface area contributed by atoms with Gasteiger partial charge in [-0.15, -0.1) is 0 Å². The SMILES string of the molecule is O=S(=O)(/C=C/c1cccc(Cl)c1)N(Cc1cccc(F)c1)c1cccc(Cl)c1. The molecule has 0 atom stereocenters. The minimum absolute atomic E-state index is 0.0413. The van der Waals surface area contributed by atoms with Gasteiger partial charge in [-0.3, -0.25) is 4.31 Å². The number of hydrogen-bond acceptors (Lipinski definition) is 2. The van der Waals surface area contributed by atoms with Crippen LogP contribution in [0, 0.1) is 5.82 Å². The van der Waals surface area contributed by atoms with E-state index in [1.807, 2.05) is 0 Å². The zero-order chi connectivity index (χ0) is 20.1. The Labute approximate surface area is 173 Å². The third-order valence-electron chi connectivity index (χ3n) is 3.90. The second-order valence-electron chi connectivity index (χ2n) is 6.02. The molecular formula is C21H16Cl2FNO2S. The molecule has 3 aromatic carbocycles. The Morgan fingerprint density at radius 2 is 1.57 bits per heavy atom. The Balaban J connectivity index is 1.99. The summed E-state index contributed by atoms with van der Waals surface area (Å²) < 4.78 is 40.9. The van der Waals surface area contributed by atoms with Crippen LogP contribution < -0.4 is 4.31 Å². The number of halogens is 3. The third kappa shape index (κ3) is 5.35. The van der Waals surface area contributed by atoms with E-state index in [4.69, 9.17) is 23.2 Å². The van der Waals surface area contributed by atoms with Gasteiger partial charge in [-0.1, -0.05) is 53.5 Å². The molecule has 28 heavy (non-hydrogen) atoms. The van der Waals surface area contributed by atoms with Crippen molar-refractivity contribution in [1.82, 2.24) is 0 Å². The van der Waals surface area contributed by atoms with Crippen molar-refractivity contribution in [2.75, 3.05) is 4.31 Å². The van der Waals surface area contributed by atoms with E-state index < -0.39 is 15.8 Å². The van der Waals surface area contributed by atoms with Crippen LogP contribution in [-0.4, -0.2) is 8.42 Å². The van der Waals surface area contributed by atoms with Crippen LogP contribution in [0.5, 0.6) is 0 Å². The summed E-state index contributed by atoms with van der Waals surface area (Å²) >= 11 is 12.0. The first-order valence-corrected chi connectivity index (χ1v) is 10.6. The van der Waals surface area contributed by atoms with E-state index in [0.717, 1.165) is 5.41 Å². The molecule has 0 radical (unpaired) electrons. The van der Waals surface area contributed by atoms with Gasteiger partial charge in [-0.25, -0.2) is 12.8 Å². The van der Waals surface area contributed by atoms with E-state index in [1.165, 1.54) is 28.6 Å².